The molecule has 9 heteroatoms. The van der Waals surface area contributed by atoms with Crippen molar-refractivity contribution < 1.29 is 0 Å². The molecule has 0 aliphatic carbocycles. The van der Waals surface area contributed by atoms with Gasteiger partial charge in [0.1, 0.15) is 6.82 Å². The van der Waals surface area contributed by atoms with Crippen molar-refractivity contribution in [3.63, 3.8) is 0 Å². The van der Waals surface area contributed by atoms with Crippen LogP contribution in [-0.4, -0.2) is 62.0 Å². The van der Waals surface area contributed by atoms with Crippen LogP contribution in [0.5, 0.6) is 0 Å². The molecule has 0 aromatic carbocycles. The summed E-state index contributed by atoms with van der Waals surface area (Å²) in [6, 6.07) is 0. The largest absolute Gasteiger partial charge is 0.151 e. The SMILES string of the molecule is CCCSC(CCC(SC)SC(CCC(SCC)(SCCC)SC(C)C)SC)(SCC)SC(C)C. The first-order chi connectivity index (χ1) is 16.6. The van der Waals surface area contributed by atoms with Crippen molar-refractivity contribution in [2.75, 3.05) is 35.5 Å². The van der Waals surface area contributed by atoms with E-state index in [2.05, 4.69) is 174 Å². The molecule has 0 radical (unpaired) electrons. The second kappa shape index (κ2) is 22.8. The highest BCUT2D eigenvalue weighted by Gasteiger charge is 2.35. The molecule has 35 heavy (non-hydrogen) atoms. The molecule has 4 unspecified atom stereocenters. The van der Waals surface area contributed by atoms with Crippen molar-refractivity contribution in [1.82, 2.24) is 0 Å². The van der Waals surface area contributed by atoms with E-state index < -0.39 is 0 Å². The molecule has 0 spiro atoms. The lowest BCUT2D eigenvalue weighted by Gasteiger charge is -2.36. The van der Waals surface area contributed by atoms with Crippen LogP contribution in [0.25, 0.3) is 0 Å². The normalized spacial score (nSPS) is 17.5. The second-order valence-corrected chi connectivity index (χ2v) is 24.1. The van der Waals surface area contributed by atoms with Crippen molar-refractivity contribution in [3.05, 3.63) is 0 Å². The van der Waals surface area contributed by atoms with E-state index in [0.717, 1.165) is 0 Å². The quantitative estimate of drug-likeness (QED) is 0.0924. The van der Waals surface area contributed by atoms with E-state index in [9.17, 15) is 0 Å². The van der Waals surface area contributed by atoms with Crippen LogP contribution in [0.4, 0.5) is 0 Å². The highest BCUT2D eigenvalue weighted by atomic mass is 32.3. The van der Waals surface area contributed by atoms with Crippen molar-refractivity contribution in [2.24, 2.45) is 0 Å². The van der Waals surface area contributed by atoms with Gasteiger partial charge in [0.05, 0.1) is 9.16 Å². The molecule has 0 aromatic heterocycles. The fraction of sp³-hybridized carbons (Fsp3) is 1.00. The summed E-state index contributed by atoms with van der Waals surface area (Å²) >= 11 is 19.7. The summed E-state index contributed by atoms with van der Waals surface area (Å²) < 4.78 is 2.02. The Bertz CT molecular complexity index is 449. The Kier molecular flexibility index (Phi) is 24.8. The highest BCUT2D eigenvalue weighted by Crippen LogP contribution is 2.55. The lowest BCUT2D eigenvalue weighted by atomic mass is 10.4. The summed E-state index contributed by atoms with van der Waals surface area (Å²) in [6.45, 7) is 18.8. The Morgan fingerprint density at radius 1 is 0.571 bits per heavy atom. The van der Waals surface area contributed by atoms with E-state index >= 15 is 0 Å². The van der Waals surface area contributed by atoms with E-state index in [4.69, 9.17) is 0 Å². The first kappa shape index (κ1) is 38.1. The Labute approximate surface area is 259 Å². The predicted octanol–water partition coefficient (Wildman–Crippen LogP) is 12.0. The Morgan fingerprint density at radius 2 is 0.943 bits per heavy atom. The summed E-state index contributed by atoms with van der Waals surface area (Å²) in [4.78, 5) is 0. The maximum Gasteiger partial charge on any atom is 0.107 e. The third-order valence-electron chi connectivity index (χ3n) is 4.81. The summed E-state index contributed by atoms with van der Waals surface area (Å²) in [5.74, 6) is 4.97. The monoisotopic (exact) mass is 654 g/mol. The average molecular weight is 655 g/mol. The Hall–Kier alpha value is 3.15. The molecular formula is C26H54S9. The molecule has 0 N–H and O–H groups in total. The maximum absolute atomic E-state index is 2.37. The van der Waals surface area contributed by atoms with Gasteiger partial charge in [-0.3, -0.25) is 0 Å². The lowest BCUT2D eigenvalue weighted by Crippen LogP contribution is -2.23. The third-order valence-corrected chi connectivity index (χ3v) is 19.7. The molecule has 0 amide bonds. The van der Waals surface area contributed by atoms with Crippen molar-refractivity contribution >= 4 is 106 Å². The standard InChI is InChI=1S/C26H54S9/c1-11-19-31-25(29-13-3,34-21(5)6)17-15-23(27-9)33-24(28-10)16-18-26(30-14-4,32-20-12-2)35-22(7)8/h21-24H,11-20H2,1-10H3. The maximum atomic E-state index is 2.37. The molecule has 4 atom stereocenters. The van der Waals surface area contributed by atoms with Gasteiger partial charge in [0.25, 0.3) is 0 Å². The van der Waals surface area contributed by atoms with E-state index in [1.165, 1.54) is 61.5 Å². The van der Waals surface area contributed by atoms with Gasteiger partial charge in [0, 0.05) is 10.5 Å². The number of hydrogen-bond donors (Lipinski definition) is 0. The van der Waals surface area contributed by atoms with Gasteiger partial charge >= 0.3 is 0 Å². The average Bonchev–Trinajstić information content (AvgIpc) is 2.80. The number of thioether (sulfide) groups is 9. The van der Waals surface area contributed by atoms with E-state index in [1.54, 1.807) is 0 Å². The molecular weight excluding hydrogens is 601 g/mol. The minimum absolute atomic E-state index is 0.319. The molecule has 0 aliphatic heterocycles. The number of hydrogen-bond acceptors (Lipinski definition) is 9. The van der Waals surface area contributed by atoms with Gasteiger partial charge in [-0.2, -0.15) is 23.5 Å². The van der Waals surface area contributed by atoms with Gasteiger partial charge in [0.2, 0.25) is 0 Å². The molecule has 0 heterocycles. The predicted molar refractivity (Wildman–Crippen MR) is 193 cm³/mol. The molecule has 0 bridgehead atoms. The molecule has 0 saturated heterocycles. The summed E-state index contributed by atoms with van der Waals surface area (Å²) in [7, 11) is 0. The molecule has 0 saturated carbocycles. The molecule has 0 rings (SSSR count). The molecule has 0 nitrogen and oxygen atoms in total. The van der Waals surface area contributed by atoms with Crippen LogP contribution < -0.4 is 0 Å². The minimum atomic E-state index is 0.319. The van der Waals surface area contributed by atoms with Crippen molar-refractivity contribution in [2.45, 2.75) is 120 Å². The van der Waals surface area contributed by atoms with Gasteiger partial charge in [-0.1, -0.05) is 55.4 Å². The topological polar surface area (TPSA) is 0 Å². The van der Waals surface area contributed by atoms with Gasteiger partial charge in [-0.25, -0.2) is 0 Å². The zero-order valence-electron chi connectivity index (χ0n) is 24.1. The first-order valence-corrected chi connectivity index (χ1v) is 22.5. The number of rotatable bonds is 24. The molecule has 0 aromatic rings. The highest BCUT2D eigenvalue weighted by molar-refractivity contribution is 8.34. The van der Waals surface area contributed by atoms with Gasteiger partial charge < -0.3 is 0 Å². The first-order valence-electron chi connectivity index (χ1n) is 13.3. The fourth-order valence-corrected chi connectivity index (χ4v) is 18.3. The van der Waals surface area contributed by atoms with Gasteiger partial charge in [0.15, 0.2) is 0 Å². The zero-order valence-corrected chi connectivity index (χ0v) is 31.4. The molecule has 212 valence electrons. The van der Waals surface area contributed by atoms with Gasteiger partial charge in [-0.05, 0) is 74.0 Å². The lowest BCUT2D eigenvalue weighted by molar-refractivity contribution is 0.807. The second-order valence-electron chi connectivity index (χ2n) is 8.81. The Morgan fingerprint density at radius 3 is 1.20 bits per heavy atom. The van der Waals surface area contributed by atoms with E-state index in [-0.39, 0.29) is 0 Å². The zero-order chi connectivity index (χ0) is 26.7. The summed E-state index contributed by atoms with van der Waals surface area (Å²) in [5, 5.41) is 1.36. The smallest absolute Gasteiger partial charge is 0.107 e. The minimum Gasteiger partial charge on any atom is -0.151 e. The van der Waals surface area contributed by atoms with Crippen LogP contribution in [0, 0.1) is 0 Å². The summed E-state index contributed by atoms with van der Waals surface area (Å²) in [5.41, 5.74) is 0. The van der Waals surface area contributed by atoms with E-state index in [0.29, 0.717) is 26.5 Å². The van der Waals surface area contributed by atoms with Crippen LogP contribution in [0.15, 0.2) is 0 Å². The van der Waals surface area contributed by atoms with Crippen LogP contribution in [0.1, 0.15) is 93.9 Å². The van der Waals surface area contributed by atoms with E-state index in [1.807, 2.05) is 0 Å². The van der Waals surface area contributed by atoms with Crippen LogP contribution in [-0.2, 0) is 0 Å². The summed E-state index contributed by atoms with van der Waals surface area (Å²) in [6.07, 6.45) is 12.5. The third kappa shape index (κ3) is 17.5. The molecule has 0 aliphatic rings. The van der Waals surface area contributed by atoms with Crippen LogP contribution >= 0.6 is 106 Å². The Balaban J connectivity index is 5.29. The fourth-order valence-electron chi connectivity index (χ4n) is 3.54. The van der Waals surface area contributed by atoms with Gasteiger partial charge in [-0.15, -0.1) is 82.3 Å². The van der Waals surface area contributed by atoms with Crippen molar-refractivity contribution in [3.8, 4) is 0 Å². The van der Waals surface area contributed by atoms with Crippen molar-refractivity contribution in [1.29, 1.82) is 0 Å². The van der Waals surface area contributed by atoms with Crippen LogP contribution in [0.2, 0.25) is 0 Å². The molecule has 0 fully saturated rings. The van der Waals surface area contributed by atoms with Crippen LogP contribution in [0.3, 0.4) is 0 Å².